The van der Waals surface area contributed by atoms with Gasteiger partial charge in [-0.25, -0.2) is 8.42 Å². The molecule has 0 aliphatic carbocycles. The van der Waals surface area contributed by atoms with E-state index in [2.05, 4.69) is 15.3 Å². The zero-order valence-corrected chi connectivity index (χ0v) is 14.4. The number of benzene rings is 1. The van der Waals surface area contributed by atoms with Crippen LogP contribution in [0, 0.1) is 6.92 Å². The van der Waals surface area contributed by atoms with Gasteiger partial charge in [0.05, 0.1) is 12.3 Å². The van der Waals surface area contributed by atoms with Crippen molar-refractivity contribution in [1.82, 2.24) is 24.5 Å². The number of nitrogens with zero attached hydrogens (tertiary/aromatic N) is 5. The first-order valence-corrected chi connectivity index (χ1v) is 9.37. The summed E-state index contributed by atoms with van der Waals surface area (Å²) in [5, 5.41) is 12.1. The van der Waals surface area contributed by atoms with Crippen molar-refractivity contribution >= 4 is 9.84 Å². The van der Waals surface area contributed by atoms with Gasteiger partial charge in [-0.05, 0) is 19.9 Å². The third kappa shape index (κ3) is 3.23. The van der Waals surface area contributed by atoms with Gasteiger partial charge in [0.1, 0.15) is 0 Å². The standard InChI is InChI=1S/C16H19N5O2S/c1-3-21-15(14-7-5-13(2)6-8-14)18-19-16(21)24(22,23)12-11-20-10-4-9-17-20/h4-10H,3,11-12H2,1-2H3. The van der Waals surface area contributed by atoms with Crippen LogP contribution < -0.4 is 0 Å². The van der Waals surface area contributed by atoms with Crippen LogP contribution in [0.15, 0.2) is 47.9 Å². The molecule has 1 aromatic carbocycles. The highest BCUT2D eigenvalue weighted by atomic mass is 32.2. The molecule has 2 heterocycles. The van der Waals surface area contributed by atoms with Crippen molar-refractivity contribution in [1.29, 1.82) is 0 Å². The van der Waals surface area contributed by atoms with Crippen LogP contribution >= 0.6 is 0 Å². The van der Waals surface area contributed by atoms with Gasteiger partial charge in [-0.3, -0.25) is 9.25 Å². The van der Waals surface area contributed by atoms with Crippen LogP contribution in [-0.4, -0.2) is 38.7 Å². The summed E-state index contributed by atoms with van der Waals surface area (Å²) in [4.78, 5) is 0. The Kier molecular flexibility index (Phi) is 4.48. The van der Waals surface area contributed by atoms with Gasteiger partial charge in [-0.1, -0.05) is 29.8 Å². The highest BCUT2D eigenvalue weighted by Gasteiger charge is 2.24. The minimum Gasteiger partial charge on any atom is -0.298 e. The fourth-order valence-electron chi connectivity index (χ4n) is 2.46. The lowest BCUT2D eigenvalue weighted by molar-refractivity contribution is 0.557. The summed E-state index contributed by atoms with van der Waals surface area (Å²) in [5.74, 6) is 0.496. The first kappa shape index (κ1) is 16.4. The highest BCUT2D eigenvalue weighted by molar-refractivity contribution is 7.91. The van der Waals surface area contributed by atoms with Crippen molar-refractivity contribution in [2.24, 2.45) is 0 Å². The fourth-order valence-corrected chi connectivity index (χ4v) is 3.78. The molecule has 24 heavy (non-hydrogen) atoms. The van der Waals surface area contributed by atoms with Crippen LogP contribution in [0.1, 0.15) is 12.5 Å². The fraction of sp³-hybridized carbons (Fsp3) is 0.312. The highest BCUT2D eigenvalue weighted by Crippen LogP contribution is 2.21. The van der Waals surface area contributed by atoms with Gasteiger partial charge in [0.15, 0.2) is 5.82 Å². The van der Waals surface area contributed by atoms with E-state index in [-0.39, 0.29) is 17.5 Å². The van der Waals surface area contributed by atoms with Gasteiger partial charge in [-0.15, -0.1) is 10.2 Å². The second-order valence-corrected chi connectivity index (χ2v) is 7.51. The van der Waals surface area contributed by atoms with E-state index < -0.39 is 9.84 Å². The molecular formula is C16H19N5O2S. The summed E-state index contributed by atoms with van der Waals surface area (Å²) in [6, 6.07) is 9.54. The second kappa shape index (κ2) is 6.56. The van der Waals surface area contributed by atoms with E-state index in [9.17, 15) is 8.42 Å². The first-order valence-electron chi connectivity index (χ1n) is 7.71. The molecule has 3 aromatic rings. The van der Waals surface area contributed by atoms with E-state index in [1.54, 1.807) is 27.7 Å². The van der Waals surface area contributed by atoms with Crippen molar-refractivity contribution in [2.45, 2.75) is 32.1 Å². The van der Waals surface area contributed by atoms with Crippen LogP contribution in [0.4, 0.5) is 0 Å². The molecule has 0 aliphatic heterocycles. The molecule has 2 aromatic heterocycles. The van der Waals surface area contributed by atoms with E-state index in [0.717, 1.165) is 11.1 Å². The maximum atomic E-state index is 12.6. The minimum atomic E-state index is -3.55. The quantitative estimate of drug-likeness (QED) is 0.682. The molecule has 7 nitrogen and oxygen atoms in total. The van der Waals surface area contributed by atoms with E-state index >= 15 is 0 Å². The molecule has 0 bridgehead atoms. The van der Waals surface area contributed by atoms with Crippen molar-refractivity contribution in [3.63, 3.8) is 0 Å². The second-order valence-electron chi connectivity index (χ2n) is 5.50. The third-order valence-corrected chi connectivity index (χ3v) is 5.35. The molecule has 3 rings (SSSR count). The van der Waals surface area contributed by atoms with Crippen LogP contribution in [0.5, 0.6) is 0 Å². The first-order chi connectivity index (χ1) is 11.5. The number of rotatable bonds is 6. The van der Waals surface area contributed by atoms with Crippen molar-refractivity contribution in [3.8, 4) is 11.4 Å². The Morgan fingerprint density at radius 1 is 1.12 bits per heavy atom. The molecule has 0 N–H and O–H groups in total. The Morgan fingerprint density at radius 2 is 1.88 bits per heavy atom. The summed E-state index contributed by atoms with van der Waals surface area (Å²) < 4.78 is 28.5. The maximum absolute atomic E-state index is 12.6. The molecule has 0 unspecified atom stereocenters. The average molecular weight is 345 g/mol. The normalized spacial score (nSPS) is 11.8. The molecule has 8 heteroatoms. The predicted octanol–water partition coefficient (Wildman–Crippen LogP) is 1.94. The van der Waals surface area contributed by atoms with E-state index in [1.165, 1.54) is 0 Å². The van der Waals surface area contributed by atoms with Gasteiger partial charge >= 0.3 is 0 Å². The van der Waals surface area contributed by atoms with Crippen LogP contribution in [0.3, 0.4) is 0 Å². The Bertz CT molecular complexity index is 912. The maximum Gasteiger partial charge on any atom is 0.250 e. The lowest BCUT2D eigenvalue weighted by atomic mass is 10.1. The predicted molar refractivity (Wildman–Crippen MR) is 90.1 cm³/mol. The zero-order valence-electron chi connectivity index (χ0n) is 13.6. The molecule has 0 fully saturated rings. The Morgan fingerprint density at radius 3 is 2.50 bits per heavy atom. The lowest BCUT2D eigenvalue weighted by Crippen LogP contribution is -2.18. The Labute approximate surface area is 140 Å². The molecule has 0 aliphatic rings. The van der Waals surface area contributed by atoms with Gasteiger partial charge < -0.3 is 0 Å². The van der Waals surface area contributed by atoms with E-state index in [0.29, 0.717) is 12.4 Å². The van der Waals surface area contributed by atoms with Gasteiger partial charge in [-0.2, -0.15) is 5.10 Å². The Hall–Kier alpha value is -2.48. The topological polar surface area (TPSA) is 82.7 Å². The van der Waals surface area contributed by atoms with E-state index in [1.807, 2.05) is 38.1 Å². The summed E-state index contributed by atoms with van der Waals surface area (Å²) >= 11 is 0. The molecule has 0 amide bonds. The Balaban J connectivity index is 1.92. The van der Waals surface area contributed by atoms with Gasteiger partial charge in [0, 0.05) is 24.5 Å². The number of aryl methyl sites for hydroxylation is 2. The zero-order chi connectivity index (χ0) is 17.2. The molecule has 126 valence electrons. The van der Waals surface area contributed by atoms with Crippen LogP contribution in [0.25, 0.3) is 11.4 Å². The lowest BCUT2D eigenvalue weighted by Gasteiger charge is -2.08. The van der Waals surface area contributed by atoms with Crippen LogP contribution in [-0.2, 0) is 22.9 Å². The number of hydrogen-bond donors (Lipinski definition) is 0. The molecule has 0 saturated carbocycles. The third-order valence-electron chi connectivity index (χ3n) is 3.77. The summed E-state index contributed by atoms with van der Waals surface area (Å²) in [6.07, 6.45) is 3.36. The largest absolute Gasteiger partial charge is 0.298 e. The number of hydrogen-bond acceptors (Lipinski definition) is 5. The summed E-state index contributed by atoms with van der Waals surface area (Å²) in [7, 11) is -3.55. The summed E-state index contributed by atoms with van der Waals surface area (Å²) in [5.41, 5.74) is 1.98. The number of sulfone groups is 1. The molecule has 0 spiro atoms. The molecule has 0 saturated heterocycles. The average Bonchev–Trinajstić information content (AvgIpc) is 3.23. The molecular weight excluding hydrogens is 326 g/mol. The molecule has 0 atom stereocenters. The summed E-state index contributed by atoms with van der Waals surface area (Å²) in [6.45, 7) is 4.64. The van der Waals surface area contributed by atoms with Gasteiger partial charge in [0.2, 0.25) is 15.0 Å². The number of aromatic nitrogens is 5. The molecule has 0 radical (unpaired) electrons. The monoisotopic (exact) mass is 345 g/mol. The van der Waals surface area contributed by atoms with Crippen LogP contribution in [0.2, 0.25) is 0 Å². The van der Waals surface area contributed by atoms with Crippen molar-refractivity contribution in [3.05, 3.63) is 48.3 Å². The van der Waals surface area contributed by atoms with E-state index in [4.69, 9.17) is 0 Å². The minimum absolute atomic E-state index is 0.00716. The smallest absolute Gasteiger partial charge is 0.250 e. The van der Waals surface area contributed by atoms with Crippen molar-refractivity contribution in [2.75, 3.05) is 5.75 Å². The van der Waals surface area contributed by atoms with Gasteiger partial charge in [0.25, 0.3) is 0 Å². The van der Waals surface area contributed by atoms with Crippen molar-refractivity contribution < 1.29 is 8.42 Å². The SMILES string of the molecule is CCn1c(-c2ccc(C)cc2)nnc1S(=O)(=O)CCn1cccn1.